The number of carbonyl (C=O) groups excluding carboxylic acids is 1. The largest absolute Gasteiger partial charge is 0.508 e. The second-order valence-corrected chi connectivity index (χ2v) is 12.9. The molecule has 276 valence electrons. The zero-order chi connectivity index (χ0) is 38.7. The lowest BCUT2D eigenvalue weighted by Gasteiger charge is -2.34. The smallest absolute Gasteiger partial charge is 0.338 e. The first-order valence-electron chi connectivity index (χ1n) is 16.5. The molecule has 7 N–H and O–H groups in total. The van der Waals surface area contributed by atoms with Gasteiger partial charge in [0.25, 0.3) is 5.17 Å². The van der Waals surface area contributed by atoms with Crippen molar-refractivity contribution in [3.63, 3.8) is 0 Å². The van der Waals surface area contributed by atoms with Gasteiger partial charge in [-0.3, -0.25) is 0 Å². The summed E-state index contributed by atoms with van der Waals surface area (Å²) in [6, 6.07) is 30.4. The monoisotopic (exact) mass is 749 g/mol. The molecule has 0 spiro atoms. The number of thiocarbonyl (C=S) groups is 1. The van der Waals surface area contributed by atoms with Crippen molar-refractivity contribution in [3.8, 4) is 51.7 Å². The highest BCUT2D eigenvalue weighted by molar-refractivity contribution is 7.80. The molecule has 6 aromatic rings. The van der Waals surface area contributed by atoms with Crippen LogP contribution >= 0.6 is 12.2 Å². The highest BCUT2D eigenvalue weighted by Gasteiger charge is 2.37. The minimum absolute atomic E-state index is 0.0461. The number of ether oxygens (including phenoxy) is 3. The average molecular weight is 750 g/mol. The molecule has 0 bridgehead atoms. The fourth-order valence-electron chi connectivity index (χ4n) is 5.82. The van der Waals surface area contributed by atoms with Crippen molar-refractivity contribution in [2.24, 2.45) is 0 Å². The lowest BCUT2D eigenvalue weighted by atomic mass is 9.93. The van der Waals surface area contributed by atoms with E-state index in [1.54, 1.807) is 0 Å². The zero-order valence-corrected chi connectivity index (χ0v) is 29.7. The molecule has 0 fully saturated rings. The Labute approximate surface area is 314 Å². The van der Waals surface area contributed by atoms with E-state index in [-0.39, 0.29) is 40.5 Å². The van der Waals surface area contributed by atoms with Crippen LogP contribution < -0.4 is 14.4 Å². The van der Waals surface area contributed by atoms with E-state index in [0.717, 1.165) is 35.0 Å². The van der Waals surface area contributed by atoms with Gasteiger partial charge in [-0.2, -0.15) is 0 Å². The molecule has 0 amide bonds. The summed E-state index contributed by atoms with van der Waals surface area (Å²) in [5.41, 5.74) is 2.54. The van der Waals surface area contributed by atoms with Crippen LogP contribution in [-0.4, -0.2) is 60.0 Å². The number of nitrogens with zero attached hydrogens (tertiary/aromatic N) is 1. The number of benzene rings is 6. The molecule has 1 heterocycles. The van der Waals surface area contributed by atoms with E-state index in [0.29, 0.717) is 10.7 Å². The number of phenolic OH excluding ortho intramolecular Hbond substituents is 7. The van der Waals surface area contributed by atoms with Crippen LogP contribution in [0.25, 0.3) is 10.8 Å². The van der Waals surface area contributed by atoms with E-state index in [9.17, 15) is 40.5 Å². The fourth-order valence-corrected chi connectivity index (χ4v) is 6.02. The summed E-state index contributed by atoms with van der Waals surface area (Å²) < 4.78 is 17.2. The third-order valence-electron chi connectivity index (χ3n) is 8.65. The molecule has 0 radical (unpaired) electrons. The Morgan fingerprint density at radius 2 is 1.46 bits per heavy atom. The topological polar surface area (TPSA) is 190 Å². The number of carbonyl (C=O) groups is 1. The van der Waals surface area contributed by atoms with E-state index in [1.165, 1.54) is 35.2 Å². The Balaban J connectivity index is 0.000000197. The van der Waals surface area contributed by atoms with Crippen LogP contribution in [0.2, 0.25) is 0 Å². The van der Waals surface area contributed by atoms with E-state index in [1.807, 2.05) is 54.4 Å². The van der Waals surface area contributed by atoms with Crippen LogP contribution in [0.5, 0.6) is 51.7 Å². The molecule has 54 heavy (non-hydrogen) atoms. The molecule has 0 saturated heterocycles. The molecule has 12 nitrogen and oxygen atoms in total. The predicted octanol–water partition coefficient (Wildman–Crippen LogP) is 7.48. The summed E-state index contributed by atoms with van der Waals surface area (Å²) in [6.45, 7) is 2.06. The number of hydrogen-bond acceptors (Lipinski definition) is 12. The van der Waals surface area contributed by atoms with E-state index in [4.69, 9.17) is 26.4 Å². The van der Waals surface area contributed by atoms with Gasteiger partial charge in [0.1, 0.15) is 29.1 Å². The minimum atomic E-state index is -1.06. The van der Waals surface area contributed by atoms with Gasteiger partial charge in [0.05, 0.1) is 5.56 Å². The number of anilines is 1. The molecule has 0 aromatic heterocycles. The van der Waals surface area contributed by atoms with Gasteiger partial charge in [0.15, 0.2) is 34.9 Å². The van der Waals surface area contributed by atoms with Crippen LogP contribution in [0.1, 0.15) is 33.2 Å². The number of rotatable bonds is 5. The Kier molecular flexibility index (Phi) is 10.5. The van der Waals surface area contributed by atoms with Crippen molar-refractivity contribution < 1.29 is 54.8 Å². The predicted molar refractivity (Wildman–Crippen MR) is 204 cm³/mol. The van der Waals surface area contributed by atoms with Gasteiger partial charge >= 0.3 is 5.97 Å². The number of aryl methyl sites for hydroxylation is 1. The first kappa shape index (κ1) is 36.9. The summed E-state index contributed by atoms with van der Waals surface area (Å²) in [6.07, 6.45) is -2.12. The van der Waals surface area contributed by atoms with E-state index in [2.05, 4.69) is 31.2 Å². The van der Waals surface area contributed by atoms with Crippen molar-refractivity contribution >= 4 is 39.8 Å². The molecule has 0 aliphatic carbocycles. The number of phenols is 7. The third kappa shape index (κ3) is 8.11. The first-order chi connectivity index (χ1) is 25.8. The van der Waals surface area contributed by atoms with Crippen molar-refractivity contribution in [3.05, 3.63) is 131 Å². The summed E-state index contributed by atoms with van der Waals surface area (Å²) in [5, 5.41) is 71.0. The van der Waals surface area contributed by atoms with Crippen LogP contribution in [0, 0.1) is 6.92 Å². The van der Waals surface area contributed by atoms with Crippen LogP contribution in [0.3, 0.4) is 0 Å². The number of fused-ring (bicyclic) bond motifs is 2. The van der Waals surface area contributed by atoms with Crippen molar-refractivity contribution in [1.82, 2.24) is 0 Å². The van der Waals surface area contributed by atoms with Gasteiger partial charge in [-0.05, 0) is 84.0 Å². The number of aromatic hydroxyl groups is 7. The molecule has 1 aliphatic heterocycles. The van der Waals surface area contributed by atoms with E-state index >= 15 is 0 Å². The third-order valence-corrected chi connectivity index (χ3v) is 9.01. The quantitative estimate of drug-likeness (QED) is 0.0523. The van der Waals surface area contributed by atoms with E-state index < -0.39 is 41.2 Å². The lowest BCUT2D eigenvalue weighted by Crippen LogP contribution is -2.34. The zero-order valence-electron chi connectivity index (χ0n) is 28.9. The summed E-state index contributed by atoms with van der Waals surface area (Å²) >= 11 is 5.41. The van der Waals surface area contributed by atoms with Gasteiger partial charge in [0.2, 0.25) is 0 Å². The maximum Gasteiger partial charge on any atom is 0.338 e. The Morgan fingerprint density at radius 1 is 0.741 bits per heavy atom. The number of esters is 1. The lowest BCUT2D eigenvalue weighted by molar-refractivity contribution is -0.0189. The molecule has 2 atom stereocenters. The average Bonchev–Trinajstić information content (AvgIpc) is 3.14. The Bertz CT molecular complexity index is 2360. The van der Waals surface area contributed by atoms with Gasteiger partial charge in [-0.25, -0.2) is 4.79 Å². The minimum Gasteiger partial charge on any atom is -0.508 e. The second-order valence-electron chi connectivity index (χ2n) is 12.5. The Morgan fingerprint density at radius 3 is 2.17 bits per heavy atom. The second kappa shape index (κ2) is 15.4. The first-order valence-corrected chi connectivity index (χ1v) is 16.9. The molecule has 2 unspecified atom stereocenters. The summed E-state index contributed by atoms with van der Waals surface area (Å²) in [7, 11) is 1.91. The molecule has 13 heteroatoms. The van der Waals surface area contributed by atoms with Crippen molar-refractivity contribution in [2.75, 3.05) is 11.9 Å². The maximum absolute atomic E-state index is 12.7. The van der Waals surface area contributed by atoms with Crippen LogP contribution in [0.15, 0.2) is 109 Å². The van der Waals surface area contributed by atoms with Crippen LogP contribution in [-0.2, 0) is 11.2 Å². The maximum atomic E-state index is 12.7. The van der Waals surface area contributed by atoms with Gasteiger partial charge in [0, 0.05) is 42.4 Å². The molecule has 7 rings (SSSR count). The number of hydrogen-bond donors (Lipinski definition) is 7. The molecule has 0 saturated carbocycles. The highest BCUT2D eigenvalue weighted by Crippen LogP contribution is 2.44. The molecular weight excluding hydrogens is 715 g/mol. The van der Waals surface area contributed by atoms with Crippen LogP contribution in [0.4, 0.5) is 5.69 Å². The summed E-state index contributed by atoms with van der Waals surface area (Å²) in [5.74, 6) is -3.68. The normalized spacial score (nSPS) is 14.5. The molecular formula is C41H35NO11S. The van der Waals surface area contributed by atoms with Crippen molar-refractivity contribution in [1.29, 1.82) is 0 Å². The van der Waals surface area contributed by atoms with Gasteiger partial charge in [-0.1, -0.05) is 48.5 Å². The highest BCUT2D eigenvalue weighted by atomic mass is 32.1. The molecule has 6 aromatic carbocycles. The van der Waals surface area contributed by atoms with Gasteiger partial charge in [-0.15, -0.1) is 0 Å². The van der Waals surface area contributed by atoms with Gasteiger partial charge < -0.3 is 54.9 Å². The fraction of sp³-hybridized carbons (Fsp3) is 0.122. The Hall–Kier alpha value is -6.86. The SMILES string of the molecule is Cc1cccc(N(C)C(=S)Oc2ccc3ccccc3c2)c1.O=C(OC1Cc2c(O)cc(O)cc2OC1c1ccc(O)c(O)c1)c1cc(O)c(O)c(O)c1. The summed E-state index contributed by atoms with van der Waals surface area (Å²) in [4.78, 5) is 14.6. The molecule has 1 aliphatic rings. The standard InChI is InChI=1S/C22H18O10.C19H17NOS/c23-11-6-14(25)12-8-19(32-22(30)10-4-16(27)20(29)17(28)5-10)21(31-18(12)7-11)9-1-2-13(24)15(26)3-9;1-14-6-5-9-17(12-14)20(2)19(22)21-18-11-10-15-7-3-4-8-16(15)13-18/h1-7,19,21,23-29H,8H2;3-13H,1-2H3. The van der Waals surface area contributed by atoms with Crippen molar-refractivity contribution in [2.45, 2.75) is 25.6 Å².